The first kappa shape index (κ1) is 10.5. The van der Waals surface area contributed by atoms with Gasteiger partial charge in [0.05, 0.1) is 0 Å². The molecule has 0 amide bonds. The van der Waals surface area contributed by atoms with Crippen LogP contribution in [0, 0.1) is 5.41 Å². The Morgan fingerprint density at radius 1 is 1.08 bits per heavy atom. The van der Waals surface area contributed by atoms with Crippen molar-refractivity contribution in [1.82, 2.24) is 0 Å². The summed E-state index contributed by atoms with van der Waals surface area (Å²) in [4.78, 5) is 0. The Labute approximate surface area is 81.2 Å². The van der Waals surface area contributed by atoms with E-state index in [1.54, 1.807) is 0 Å². The Kier molecular flexibility index (Phi) is 2.67. The Hall–Kier alpha value is -0.560. The third-order valence-corrected chi connectivity index (χ3v) is 3.63. The lowest BCUT2D eigenvalue weighted by molar-refractivity contribution is 0.290. The molecule has 0 aromatic heterocycles. The van der Waals surface area contributed by atoms with Gasteiger partial charge in [-0.05, 0) is 38.3 Å². The lowest BCUT2D eigenvalue weighted by atomic mass is 9.79. The van der Waals surface area contributed by atoms with Crippen molar-refractivity contribution in [2.24, 2.45) is 5.41 Å². The lowest BCUT2D eigenvalue weighted by Crippen LogP contribution is -2.14. The zero-order valence-corrected chi connectivity index (χ0v) is 9.36. The van der Waals surface area contributed by atoms with Crippen molar-refractivity contribution in [3.8, 4) is 0 Å². The van der Waals surface area contributed by atoms with Crippen LogP contribution in [0.25, 0.3) is 0 Å². The molecule has 0 aromatic rings. The Morgan fingerprint density at radius 3 is 1.92 bits per heavy atom. The second-order valence-electron chi connectivity index (χ2n) is 4.45. The van der Waals surface area contributed by atoms with Crippen LogP contribution in [0.5, 0.6) is 0 Å². The van der Waals surface area contributed by atoms with Crippen molar-refractivity contribution in [1.29, 1.82) is 0 Å². The van der Waals surface area contributed by atoms with E-state index in [0.29, 0.717) is 0 Å². The minimum Gasteiger partial charge on any atom is -0.396 e. The van der Waals surface area contributed by atoms with Gasteiger partial charge in [-0.3, -0.25) is 0 Å². The summed E-state index contributed by atoms with van der Waals surface area (Å²) in [7, 11) is 0. The molecule has 0 unspecified atom stereocenters. The molecule has 0 spiro atoms. The fraction of sp³-hybridized carbons (Fsp3) is 0.667. The van der Waals surface area contributed by atoms with Crippen LogP contribution in [0.2, 0.25) is 0 Å². The van der Waals surface area contributed by atoms with Crippen molar-refractivity contribution in [3.63, 3.8) is 0 Å². The molecular weight excluding hydrogens is 160 g/mol. The number of rotatable bonds is 2. The lowest BCUT2D eigenvalue weighted by Gasteiger charge is -2.25. The maximum atomic E-state index is 9.00. The summed E-state index contributed by atoms with van der Waals surface area (Å²) in [5.74, 6) is 0. The van der Waals surface area contributed by atoms with E-state index >= 15 is 0 Å². The zero-order valence-electron chi connectivity index (χ0n) is 9.36. The fourth-order valence-corrected chi connectivity index (χ4v) is 2.28. The molecule has 0 fully saturated rings. The minimum atomic E-state index is 0.164. The molecular formula is C12H20O. The van der Waals surface area contributed by atoms with E-state index in [2.05, 4.69) is 34.6 Å². The van der Waals surface area contributed by atoms with Crippen LogP contribution in [0.4, 0.5) is 0 Å². The van der Waals surface area contributed by atoms with Gasteiger partial charge in [0.25, 0.3) is 0 Å². The van der Waals surface area contributed by atoms with Crippen LogP contribution in [0.15, 0.2) is 22.3 Å². The number of hydrogen-bond acceptors (Lipinski definition) is 1. The van der Waals surface area contributed by atoms with Gasteiger partial charge in [-0.1, -0.05) is 25.0 Å². The Balaban J connectivity index is 3.12. The highest BCUT2D eigenvalue weighted by Crippen LogP contribution is 2.47. The summed E-state index contributed by atoms with van der Waals surface area (Å²) in [5, 5.41) is 9.00. The molecule has 1 aliphatic rings. The van der Waals surface area contributed by atoms with E-state index in [9.17, 15) is 0 Å². The van der Waals surface area contributed by atoms with E-state index in [0.717, 1.165) is 6.42 Å². The third kappa shape index (κ3) is 1.46. The van der Waals surface area contributed by atoms with Crippen molar-refractivity contribution >= 4 is 0 Å². The largest absolute Gasteiger partial charge is 0.396 e. The summed E-state index contributed by atoms with van der Waals surface area (Å²) in [5.41, 5.74) is 5.82. The summed E-state index contributed by atoms with van der Waals surface area (Å²) in [6.45, 7) is 11.3. The predicted octanol–water partition coefficient (Wildman–Crippen LogP) is 3.06. The minimum absolute atomic E-state index is 0.164. The molecule has 1 N–H and O–H groups in total. The normalized spacial score (nSPS) is 21.7. The standard InChI is InChI=1S/C12H20O/c1-8-9(2)11(6-7-13)12(4,5)10(8)3/h13H,6-7H2,1-5H3. The van der Waals surface area contributed by atoms with E-state index in [-0.39, 0.29) is 12.0 Å². The highest BCUT2D eigenvalue weighted by molar-refractivity contribution is 5.50. The molecule has 0 bridgehead atoms. The van der Waals surface area contributed by atoms with Gasteiger partial charge in [0.15, 0.2) is 0 Å². The predicted molar refractivity (Wildman–Crippen MR) is 56.6 cm³/mol. The topological polar surface area (TPSA) is 20.2 Å². The molecule has 1 aliphatic carbocycles. The van der Waals surface area contributed by atoms with Crippen LogP contribution >= 0.6 is 0 Å². The molecule has 0 heterocycles. The molecule has 74 valence electrons. The first-order valence-corrected chi connectivity index (χ1v) is 4.92. The van der Waals surface area contributed by atoms with Crippen LogP contribution in [-0.4, -0.2) is 11.7 Å². The second kappa shape index (κ2) is 3.30. The van der Waals surface area contributed by atoms with Gasteiger partial charge >= 0.3 is 0 Å². The van der Waals surface area contributed by atoms with Gasteiger partial charge in [-0.25, -0.2) is 0 Å². The molecule has 1 rings (SSSR count). The third-order valence-electron chi connectivity index (χ3n) is 3.63. The molecule has 13 heavy (non-hydrogen) atoms. The number of aliphatic hydroxyl groups is 1. The highest BCUT2D eigenvalue weighted by Gasteiger charge is 2.33. The number of allylic oxidation sites excluding steroid dienone is 3. The van der Waals surface area contributed by atoms with E-state index in [4.69, 9.17) is 5.11 Å². The van der Waals surface area contributed by atoms with Crippen molar-refractivity contribution in [2.75, 3.05) is 6.61 Å². The quantitative estimate of drug-likeness (QED) is 0.692. The fourth-order valence-electron chi connectivity index (χ4n) is 2.28. The molecule has 1 nitrogen and oxygen atoms in total. The molecule has 0 saturated heterocycles. The molecule has 0 aliphatic heterocycles. The summed E-state index contributed by atoms with van der Waals surface area (Å²) >= 11 is 0. The van der Waals surface area contributed by atoms with Crippen LogP contribution in [0.1, 0.15) is 41.0 Å². The van der Waals surface area contributed by atoms with Crippen molar-refractivity contribution < 1.29 is 5.11 Å². The average molecular weight is 180 g/mol. The SMILES string of the molecule is CC1=C(C)C(C)(C)C(CCO)=C1C. The molecule has 0 aromatic carbocycles. The summed E-state index contributed by atoms with van der Waals surface area (Å²) in [6, 6.07) is 0. The highest BCUT2D eigenvalue weighted by atomic mass is 16.2. The second-order valence-corrected chi connectivity index (χ2v) is 4.45. The average Bonchev–Trinajstić information content (AvgIpc) is 2.20. The van der Waals surface area contributed by atoms with Crippen LogP contribution in [0.3, 0.4) is 0 Å². The van der Waals surface area contributed by atoms with Gasteiger partial charge in [0.2, 0.25) is 0 Å². The first-order valence-electron chi connectivity index (χ1n) is 4.92. The Morgan fingerprint density at radius 2 is 1.62 bits per heavy atom. The smallest absolute Gasteiger partial charge is 0.0468 e. The maximum Gasteiger partial charge on any atom is 0.0468 e. The van der Waals surface area contributed by atoms with E-state index < -0.39 is 0 Å². The van der Waals surface area contributed by atoms with Gasteiger partial charge in [0.1, 0.15) is 0 Å². The van der Waals surface area contributed by atoms with Gasteiger partial charge in [0, 0.05) is 12.0 Å². The Bertz CT molecular complexity index is 279. The van der Waals surface area contributed by atoms with Crippen LogP contribution in [-0.2, 0) is 0 Å². The van der Waals surface area contributed by atoms with Crippen molar-refractivity contribution in [3.05, 3.63) is 22.3 Å². The first-order chi connectivity index (χ1) is 5.92. The molecule has 0 saturated carbocycles. The molecule has 0 atom stereocenters. The number of hydrogen-bond donors (Lipinski definition) is 1. The van der Waals surface area contributed by atoms with Crippen LogP contribution < -0.4 is 0 Å². The number of aliphatic hydroxyl groups excluding tert-OH is 1. The van der Waals surface area contributed by atoms with Gasteiger partial charge in [-0.2, -0.15) is 0 Å². The monoisotopic (exact) mass is 180 g/mol. The van der Waals surface area contributed by atoms with E-state index in [1.165, 1.54) is 22.3 Å². The molecule has 1 heteroatoms. The van der Waals surface area contributed by atoms with Crippen molar-refractivity contribution in [2.45, 2.75) is 41.0 Å². The summed E-state index contributed by atoms with van der Waals surface area (Å²) in [6.07, 6.45) is 0.813. The van der Waals surface area contributed by atoms with Gasteiger partial charge < -0.3 is 5.11 Å². The summed E-state index contributed by atoms with van der Waals surface area (Å²) < 4.78 is 0. The molecule has 0 radical (unpaired) electrons. The van der Waals surface area contributed by atoms with Gasteiger partial charge in [-0.15, -0.1) is 0 Å². The maximum absolute atomic E-state index is 9.00. The zero-order chi connectivity index (χ0) is 10.2. The van der Waals surface area contributed by atoms with E-state index in [1.807, 2.05) is 0 Å².